The van der Waals surface area contributed by atoms with E-state index in [1.807, 2.05) is 53.4 Å². The number of likely N-dealkylation sites (tertiary alicyclic amines) is 1. The summed E-state index contributed by atoms with van der Waals surface area (Å²) in [6, 6.07) is 15.6. The largest absolute Gasteiger partial charge is 0.331 e. The predicted molar refractivity (Wildman–Crippen MR) is 121 cm³/mol. The van der Waals surface area contributed by atoms with Crippen molar-refractivity contribution in [2.24, 2.45) is 11.7 Å². The van der Waals surface area contributed by atoms with Gasteiger partial charge >= 0.3 is 0 Å². The Kier molecular flexibility index (Phi) is 7.39. The molecule has 1 fully saturated rings. The Hall–Kier alpha value is -1.81. The van der Waals surface area contributed by atoms with Gasteiger partial charge in [-0.15, -0.1) is 6.58 Å². The molecule has 5 heteroatoms. The maximum absolute atomic E-state index is 13.5. The third-order valence-corrected chi connectivity index (χ3v) is 6.39. The lowest BCUT2D eigenvalue weighted by Gasteiger charge is -2.48. The Morgan fingerprint density at radius 2 is 1.90 bits per heavy atom. The highest BCUT2D eigenvalue weighted by molar-refractivity contribution is 6.30. The lowest BCUT2D eigenvalue weighted by molar-refractivity contribution is -0.146. The molecule has 2 N–H and O–H groups in total. The molecule has 0 aromatic heterocycles. The monoisotopic (exact) mass is 430 g/mol. The van der Waals surface area contributed by atoms with E-state index in [1.165, 1.54) is 0 Å². The van der Waals surface area contributed by atoms with E-state index in [1.54, 1.807) is 0 Å². The summed E-state index contributed by atoms with van der Waals surface area (Å²) in [5.74, 6) is 0.152. The third-order valence-electron chi connectivity index (χ3n) is 5.90. The Labute approximate surface area is 183 Å². The number of halogens is 2. The number of nitrogens with two attached hydrogens (primary N) is 1. The fourth-order valence-electron chi connectivity index (χ4n) is 4.47. The van der Waals surface area contributed by atoms with Crippen LogP contribution in [0.2, 0.25) is 10.0 Å². The van der Waals surface area contributed by atoms with E-state index in [2.05, 4.69) is 19.6 Å². The molecule has 3 nitrogen and oxygen atoms in total. The second kappa shape index (κ2) is 9.80. The van der Waals surface area contributed by atoms with Crippen LogP contribution in [-0.4, -0.2) is 23.4 Å². The summed E-state index contributed by atoms with van der Waals surface area (Å²) in [6.07, 6.45) is 4.04. The second-order valence-electron chi connectivity index (χ2n) is 7.66. The fourth-order valence-corrected chi connectivity index (χ4v) is 4.79. The predicted octanol–water partition coefficient (Wildman–Crippen LogP) is 5.98. The highest BCUT2D eigenvalue weighted by Gasteiger charge is 2.44. The van der Waals surface area contributed by atoms with E-state index in [0.29, 0.717) is 23.0 Å². The first-order valence-corrected chi connectivity index (χ1v) is 10.9. The van der Waals surface area contributed by atoms with Crippen molar-refractivity contribution < 1.29 is 4.79 Å². The smallest absolute Gasteiger partial charge is 0.226 e. The molecule has 0 bridgehead atoms. The van der Waals surface area contributed by atoms with Gasteiger partial charge in [0.25, 0.3) is 0 Å². The molecule has 0 saturated carbocycles. The Balaban J connectivity index is 2.16. The van der Waals surface area contributed by atoms with Crippen molar-refractivity contribution in [1.82, 2.24) is 4.90 Å². The average Bonchev–Trinajstić information content (AvgIpc) is 2.72. The minimum atomic E-state index is -0.118. The van der Waals surface area contributed by atoms with Crippen LogP contribution in [-0.2, 0) is 4.79 Å². The van der Waals surface area contributed by atoms with Crippen molar-refractivity contribution in [3.63, 3.8) is 0 Å². The number of hydrogen-bond donors (Lipinski definition) is 1. The molecule has 1 heterocycles. The molecule has 1 saturated heterocycles. The molecule has 154 valence electrons. The van der Waals surface area contributed by atoms with Crippen molar-refractivity contribution in [1.29, 1.82) is 0 Å². The van der Waals surface area contributed by atoms with Gasteiger partial charge < -0.3 is 10.6 Å². The third kappa shape index (κ3) is 4.69. The van der Waals surface area contributed by atoms with Gasteiger partial charge in [0.15, 0.2) is 0 Å². The van der Waals surface area contributed by atoms with Crippen molar-refractivity contribution in [2.45, 2.75) is 44.2 Å². The van der Waals surface area contributed by atoms with Crippen molar-refractivity contribution in [3.05, 3.63) is 82.4 Å². The summed E-state index contributed by atoms with van der Waals surface area (Å²) in [5, 5.41) is 1.38. The first-order chi connectivity index (χ1) is 14.0. The number of piperidine rings is 1. The summed E-state index contributed by atoms with van der Waals surface area (Å²) in [7, 11) is 0. The summed E-state index contributed by atoms with van der Waals surface area (Å²) in [5.41, 5.74) is 8.31. The van der Waals surface area contributed by atoms with Gasteiger partial charge in [0, 0.05) is 34.5 Å². The Morgan fingerprint density at radius 1 is 1.17 bits per heavy atom. The maximum Gasteiger partial charge on any atom is 0.226 e. The second-order valence-corrected chi connectivity index (χ2v) is 8.53. The molecule has 1 aliphatic rings. The molecule has 1 aliphatic heterocycles. The molecule has 0 radical (unpaired) electrons. The van der Waals surface area contributed by atoms with Crippen molar-refractivity contribution in [3.8, 4) is 0 Å². The number of allylic oxidation sites excluding steroid dienone is 1. The van der Waals surface area contributed by atoms with Crippen LogP contribution in [0.25, 0.3) is 0 Å². The Morgan fingerprint density at radius 3 is 2.48 bits per heavy atom. The minimum absolute atomic E-state index is 0.0301. The van der Waals surface area contributed by atoms with Gasteiger partial charge in [0.05, 0.1) is 6.04 Å². The molecule has 1 amide bonds. The Bertz CT molecular complexity index is 848. The number of carbonyl (C=O) groups is 1. The zero-order chi connectivity index (χ0) is 21.0. The van der Waals surface area contributed by atoms with Gasteiger partial charge in [-0.2, -0.15) is 0 Å². The number of amides is 1. The summed E-state index contributed by atoms with van der Waals surface area (Å²) >= 11 is 12.5. The number of carbonyl (C=O) groups excluding carboxylic acids is 1. The van der Waals surface area contributed by atoms with Gasteiger partial charge in [-0.05, 0) is 54.7 Å². The molecule has 4 atom stereocenters. The van der Waals surface area contributed by atoms with E-state index < -0.39 is 0 Å². The number of hydrogen-bond acceptors (Lipinski definition) is 2. The van der Waals surface area contributed by atoms with E-state index in [9.17, 15) is 4.79 Å². The van der Waals surface area contributed by atoms with Gasteiger partial charge in [-0.1, -0.05) is 60.5 Å². The molecule has 2 aromatic rings. The molecule has 0 unspecified atom stereocenters. The van der Waals surface area contributed by atoms with Crippen LogP contribution in [0.1, 0.15) is 49.3 Å². The van der Waals surface area contributed by atoms with Gasteiger partial charge in [0.1, 0.15) is 0 Å². The van der Waals surface area contributed by atoms with Crippen LogP contribution < -0.4 is 5.73 Å². The van der Waals surface area contributed by atoms with Crippen LogP contribution in [0.15, 0.2) is 61.2 Å². The van der Waals surface area contributed by atoms with Gasteiger partial charge in [-0.25, -0.2) is 0 Å². The van der Waals surface area contributed by atoms with Crippen LogP contribution in [0.3, 0.4) is 0 Å². The summed E-state index contributed by atoms with van der Waals surface area (Å²) < 4.78 is 0. The fraction of sp³-hybridized carbons (Fsp3) is 0.375. The maximum atomic E-state index is 13.5. The van der Waals surface area contributed by atoms with E-state index in [4.69, 9.17) is 28.9 Å². The summed E-state index contributed by atoms with van der Waals surface area (Å²) in [4.78, 5) is 15.6. The zero-order valence-electron chi connectivity index (χ0n) is 16.7. The van der Waals surface area contributed by atoms with Crippen LogP contribution in [0, 0.1) is 5.92 Å². The minimum Gasteiger partial charge on any atom is -0.331 e. The van der Waals surface area contributed by atoms with Crippen molar-refractivity contribution in [2.75, 3.05) is 6.54 Å². The topological polar surface area (TPSA) is 46.3 Å². The quantitative estimate of drug-likeness (QED) is 0.548. The summed E-state index contributed by atoms with van der Waals surface area (Å²) in [6.45, 7) is 6.37. The number of nitrogens with zero attached hydrogens (tertiary/aromatic N) is 1. The molecule has 29 heavy (non-hydrogen) atoms. The normalized spacial score (nSPS) is 23.1. The lowest BCUT2D eigenvalue weighted by Crippen LogP contribution is -2.53. The zero-order valence-corrected chi connectivity index (χ0v) is 18.2. The van der Waals surface area contributed by atoms with Crippen LogP contribution >= 0.6 is 23.2 Å². The van der Waals surface area contributed by atoms with Gasteiger partial charge in [0.2, 0.25) is 5.91 Å². The highest BCUT2D eigenvalue weighted by Crippen LogP contribution is 2.47. The van der Waals surface area contributed by atoms with E-state index >= 15 is 0 Å². The molecule has 2 aromatic carbocycles. The number of rotatable bonds is 7. The van der Waals surface area contributed by atoms with E-state index in [0.717, 1.165) is 24.0 Å². The van der Waals surface area contributed by atoms with Gasteiger partial charge in [-0.3, -0.25) is 4.79 Å². The van der Waals surface area contributed by atoms with Crippen LogP contribution in [0.4, 0.5) is 0 Å². The average molecular weight is 431 g/mol. The van der Waals surface area contributed by atoms with E-state index in [-0.39, 0.29) is 29.8 Å². The first kappa shape index (κ1) is 21.9. The lowest BCUT2D eigenvalue weighted by atomic mass is 9.74. The highest BCUT2D eigenvalue weighted by atomic mass is 35.5. The molecule has 0 spiro atoms. The molecular weight excluding hydrogens is 403 g/mol. The first-order valence-electron chi connectivity index (χ1n) is 10.1. The molecule has 0 aliphatic carbocycles. The standard InChI is InChI=1S/C24H28Cl2N2O/c1-3-6-18-14-22(17-7-5-8-20(26)13-17)23(16-9-11-19(25)12-10-16)28(24(18)29)21(4-2)15-27/h3,5,7-13,18,21-23H,1,4,6,14-15,27H2,2H3/t18-,21-,22+,23+/m0/s1. The SMILES string of the molecule is C=CC[C@H]1C[C@H](c2cccc(Cl)c2)[C@@H](c2ccc(Cl)cc2)N([C@@H](CC)CN)C1=O. The molecular formula is C24H28Cl2N2O. The van der Waals surface area contributed by atoms with Crippen LogP contribution in [0.5, 0.6) is 0 Å². The van der Waals surface area contributed by atoms with Crippen molar-refractivity contribution >= 4 is 29.1 Å². The number of benzene rings is 2. The molecule has 3 rings (SSSR count).